The van der Waals surface area contributed by atoms with Gasteiger partial charge < -0.3 is 0 Å². The fourth-order valence-corrected chi connectivity index (χ4v) is 4.89. The van der Waals surface area contributed by atoms with Crippen molar-refractivity contribution in [2.75, 3.05) is 0 Å². The fraction of sp³-hybridized carbons (Fsp3) is 0.882. The molecule has 0 spiro atoms. The van der Waals surface area contributed by atoms with E-state index in [-0.39, 0.29) is 0 Å². The summed E-state index contributed by atoms with van der Waals surface area (Å²) in [6, 6.07) is 0. The minimum Gasteiger partial charge on any atom is -0.300 e. The summed E-state index contributed by atoms with van der Waals surface area (Å²) >= 11 is 0. The van der Waals surface area contributed by atoms with Crippen molar-refractivity contribution in [3.63, 3.8) is 0 Å². The Labute approximate surface area is 222 Å². The molecule has 0 rings (SSSR count). The smallest absolute Gasteiger partial charge is 0.133 e. The molecule has 0 heterocycles. The normalized spacial score (nSPS) is 11.6. The number of carbonyl (C=O) groups is 1. The Bertz CT molecular complexity index is 424. The Morgan fingerprint density at radius 1 is 0.429 bits per heavy atom. The van der Waals surface area contributed by atoms with Crippen LogP contribution >= 0.6 is 0 Å². The van der Waals surface area contributed by atoms with Crippen LogP contribution in [0.1, 0.15) is 194 Å². The van der Waals surface area contributed by atoms with Gasteiger partial charge in [-0.05, 0) is 44.9 Å². The molecule has 0 aliphatic rings. The van der Waals surface area contributed by atoms with Gasteiger partial charge in [-0.1, -0.05) is 154 Å². The summed E-state index contributed by atoms with van der Waals surface area (Å²) in [5.41, 5.74) is 0. The quantitative estimate of drug-likeness (QED) is 0.0724. The van der Waals surface area contributed by atoms with Gasteiger partial charge in [0.1, 0.15) is 5.78 Å². The number of hydrogen-bond donors (Lipinski definition) is 0. The fourth-order valence-electron chi connectivity index (χ4n) is 4.89. The molecule has 1 nitrogen and oxygen atoms in total. The van der Waals surface area contributed by atoms with E-state index in [1.807, 2.05) is 0 Å². The molecule has 0 saturated heterocycles. The van der Waals surface area contributed by atoms with Gasteiger partial charge in [0.15, 0.2) is 0 Å². The molecule has 0 fully saturated rings. The van der Waals surface area contributed by atoms with Crippen LogP contribution in [0.3, 0.4) is 0 Å². The van der Waals surface area contributed by atoms with E-state index in [1.165, 1.54) is 154 Å². The zero-order valence-electron chi connectivity index (χ0n) is 24.4. The Kier molecular flexibility index (Phi) is 30.9. The second kappa shape index (κ2) is 31.4. The minimum absolute atomic E-state index is 0.460. The van der Waals surface area contributed by atoms with Crippen molar-refractivity contribution in [3.8, 4) is 0 Å². The summed E-state index contributed by atoms with van der Waals surface area (Å²) in [5, 5.41) is 0. The number of carbonyl (C=O) groups excluding carboxylic acids is 1. The Morgan fingerprint density at radius 2 is 0.771 bits per heavy atom. The average Bonchev–Trinajstić information content (AvgIpc) is 2.86. The van der Waals surface area contributed by atoms with Crippen molar-refractivity contribution in [1.29, 1.82) is 0 Å². The molecule has 0 aromatic carbocycles. The molecular formula is C34H65O. The molecule has 0 aromatic heterocycles. The summed E-state index contributed by atoms with van der Waals surface area (Å²) in [6.07, 6.45) is 43.6. The Morgan fingerprint density at radius 3 is 1.20 bits per heavy atom. The molecule has 0 bridgehead atoms. The van der Waals surface area contributed by atoms with E-state index >= 15 is 0 Å². The number of allylic oxidation sites excluding steroid dienone is 2. The van der Waals surface area contributed by atoms with Crippen molar-refractivity contribution >= 4 is 5.78 Å². The third-order valence-corrected chi connectivity index (χ3v) is 7.35. The van der Waals surface area contributed by atoms with Gasteiger partial charge in [0.25, 0.3) is 0 Å². The molecular weight excluding hydrogens is 424 g/mol. The molecule has 0 aromatic rings. The summed E-state index contributed by atoms with van der Waals surface area (Å²) < 4.78 is 0. The topological polar surface area (TPSA) is 17.1 Å². The lowest BCUT2D eigenvalue weighted by molar-refractivity contribution is -0.118. The predicted molar refractivity (Wildman–Crippen MR) is 159 cm³/mol. The maximum atomic E-state index is 12.1. The first-order chi connectivity index (χ1) is 17.3. The van der Waals surface area contributed by atoms with Gasteiger partial charge >= 0.3 is 0 Å². The van der Waals surface area contributed by atoms with E-state index in [0.717, 1.165) is 19.3 Å². The maximum absolute atomic E-state index is 12.1. The monoisotopic (exact) mass is 490 g/mol. The van der Waals surface area contributed by atoms with E-state index in [1.54, 1.807) is 0 Å². The lowest BCUT2D eigenvalue weighted by Gasteiger charge is -2.04. The van der Waals surface area contributed by atoms with Crippen molar-refractivity contribution in [2.24, 2.45) is 0 Å². The van der Waals surface area contributed by atoms with E-state index in [0.29, 0.717) is 12.2 Å². The van der Waals surface area contributed by atoms with Crippen LogP contribution in [0, 0.1) is 6.42 Å². The molecule has 207 valence electrons. The Balaban J connectivity index is 3.19. The summed E-state index contributed by atoms with van der Waals surface area (Å²) in [5.74, 6) is 0.460. The van der Waals surface area contributed by atoms with Crippen molar-refractivity contribution in [1.82, 2.24) is 0 Å². The molecule has 0 amide bonds. The van der Waals surface area contributed by atoms with Gasteiger partial charge in [0, 0.05) is 12.8 Å². The van der Waals surface area contributed by atoms with Gasteiger partial charge in [-0.2, -0.15) is 0 Å². The van der Waals surface area contributed by atoms with Gasteiger partial charge in [-0.25, -0.2) is 0 Å². The van der Waals surface area contributed by atoms with Crippen LogP contribution in [0.25, 0.3) is 0 Å². The molecule has 0 N–H and O–H groups in total. The predicted octanol–water partition coefficient (Wildman–Crippen LogP) is 12.3. The second-order valence-electron chi connectivity index (χ2n) is 11.0. The van der Waals surface area contributed by atoms with Crippen LogP contribution < -0.4 is 0 Å². The summed E-state index contributed by atoms with van der Waals surface area (Å²) in [6.45, 7) is 4.57. The maximum Gasteiger partial charge on any atom is 0.133 e. The number of Topliss-reactive ketones (excluding diaryl/α,β-unsaturated/α-hetero) is 1. The third kappa shape index (κ3) is 31.4. The van der Waals surface area contributed by atoms with Crippen LogP contribution in [0.15, 0.2) is 12.2 Å². The van der Waals surface area contributed by atoms with Gasteiger partial charge in [-0.3, -0.25) is 4.79 Å². The molecule has 0 aliphatic heterocycles. The van der Waals surface area contributed by atoms with Crippen LogP contribution in [0.4, 0.5) is 0 Å². The van der Waals surface area contributed by atoms with Crippen molar-refractivity contribution in [3.05, 3.63) is 18.6 Å². The number of ketones is 1. The third-order valence-electron chi connectivity index (χ3n) is 7.35. The van der Waals surface area contributed by atoms with Gasteiger partial charge in [-0.15, -0.1) is 0 Å². The van der Waals surface area contributed by atoms with Crippen LogP contribution in [-0.2, 0) is 4.79 Å². The molecule has 1 heteroatoms. The molecule has 0 saturated carbocycles. The van der Waals surface area contributed by atoms with E-state index < -0.39 is 0 Å². The lowest BCUT2D eigenvalue weighted by Crippen LogP contribution is -1.98. The zero-order chi connectivity index (χ0) is 25.5. The van der Waals surface area contributed by atoms with E-state index in [9.17, 15) is 4.79 Å². The minimum atomic E-state index is 0.460. The van der Waals surface area contributed by atoms with Gasteiger partial charge in [0.05, 0.1) is 0 Å². The molecule has 0 unspecified atom stereocenters. The number of hydrogen-bond acceptors (Lipinski definition) is 1. The number of rotatable bonds is 30. The highest BCUT2D eigenvalue weighted by Crippen LogP contribution is 2.14. The molecule has 35 heavy (non-hydrogen) atoms. The highest BCUT2D eigenvalue weighted by Gasteiger charge is 2.02. The highest BCUT2D eigenvalue weighted by molar-refractivity contribution is 5.79. The van der Waals surface area contributed by atoms with Crippen molar-refractivity contribution in [2.45, 2.75) is 194 Å². The first-order valence-corrected chi connectivity index (χ1v) is 16.3. The first-order valence-electron chi connectivity index (χ1n) is 16.3. The SMILES string of the molecule is CCCCCCCC/C=C\CCCCCCCC(=O)C[CH]CCCCCCCCCCCCCC. The van der Waals surface area contributed by atoms with E-state index in [4.69, 9.17) is 0 Å². The molecule has 0 atom stereocenters. The first kappa shape index (κ1) is 34.4. The van der Waals surface area contributed by atoms with E-state index in [2.05, 4.69) is 32.4 Å². The zero-order valence-corrected chi connectivity index (χ0v) is 24.4. The molecule has 1 radical (unpaired) electrons. The van der Waals surface area contributed by atoms with Crippen molar-refractivity contribution < 1.29 is 4.79 Å². The number of unbranched alkanes of at least 4 members (excludes halogenated alkanes) is 24. The Hall–Kier alpha value is -0.590. The average molecular weight is 490 g/mol. The highest BCUT2D eigenvalue weighted by atomic mass is 16.1. The second-order valence-corrected chi connectivity index (χ2v) is 11.0. The molecule has 0 aliphatic carbocycles. The largest absolute Gasteiger partial charge is 0.300 e. The van der Waals surface area contributed by atoms with Gasteiger partial charge in [0.2, 0.25) is 0 Å². The lowest BCUT2D eigenvalue weighted by atomic mass is 10.0. The van der Waals surface area contributed by atoms with Crippen LogP contribution in [-0.4, -0.2) is 5.78 Å². The summed E-state index contributed by atoms with van der Waals surface area (Å²) in [7, 11) is 0. The standard InChI is InChI=1S/C34H65O/c1-3-5-7-9-11-13-15-17-19-21-23-25-27-29-31-33-34(35)32-30-28-26-24-22-20-18-16-14-12-10-8-6-4-2/h17,19,30H,3-16,18,20-29,31-33H2,1-2H3/b19-17-. The van der Waals surface area contributed by atoms with Crippen LogP contribution in [0.2, 0.25) is 0 Å². The van der Waals surface area contributed by atoms with Crippen LogP contribution in [0.5, 0.6) is 0 Å². The summed E-state index contributed by atoms with van der Waals surface area (Å²) in [4.78, 5) is 12.1.